The second kappa shape index (κ2) is 4.93. The van der Waals surface area contributed by atoms with Crippen LogP contribution in [-0.4, -0.2) is 0 Å². The summed E-state index contributed by atoms with van der Waals surface area (Å²) < 4.78 is 0. The third-order valence-electron chi connectivity index (χ3n) is 2.00. The second-order valence-corrected chi connectivity index (χ2v) is 3.09. The van der Waals surface area contributed by atoms with Crippen LogP contribution >= 0.6 is 12.6 Å². The molecule has 1 aromatic carbocycles. The fourth-order valence-electron chi connectivity index (χ4n) is 1.34. The maximum Gasteiger partial charge on any atom is 0.0160 e. The van der Waals surface area contributed by atoms with E-state index in [1.807, 2.05) is 19.1 Å². The molecule has 0 unspecified atom stereocenters. The van der Waals surface area contributed by atoms with E-state index in [0.717, 1.165) is 5.75 Å². The quantitative estimate of drug-likeness (QED) is 0.676. The summed E-state index contributed by atoms with van der Waals surface area (Å²) in [5.74, 6) is 0.765. The molecular formula is C12H14S. The topological polar surface area (TPSA) is 0 Å². The van der Waals surface area contributed by atoms with Crippen molar-refractivity contribution in [2.45, 2.75) is 12.7 Å². The Labute approximate surface area is 84.7 Å². The molecule has 0 radical (unpaired) electrons. The molecule has 0 saturated carbocycles. The summed E-state index contributed by atoms with van der Waals surface area (Å²) in [6, 6.07) is 6.25. The number of rotatable bonds is 2. The van der Waals surface area contributed by atoms with Gasteiger partial charge in [-0.1, -0.05) is 43.0 Å². The summed E-state index contributed by atoms with van der Waals surface area (Å²) in [5, 5.41) is 2.47. The van der Waals surface area contributed by atoms with Crippen molar-refractivity contribution in [1.29, 1.82) is 0 Å². The Hall–Kier alpha value is -0.950. The van der Waals surface area contributed by atoms with Gasteiger partial charge in [0.15, 0.2) is 0 Å². The van der Waals surface area contributed by atoms with Crippen LogP contribution in [0.5, 0.6) is 0 Å². The SMILES string of the molecule is C=C/C=c1/c(CS)ccc/c1=C/C. The van der Waals surface area contributed by atoms with Gasteiger partial charge in [-0.05, 0) is 22.9 Å². The largest absolute Gasteiger partial charge is 0.175 e. The molecule has 0 N–H and O–H groups in total. The Balaban J connectivity index is 3.58. The van der Waals surface area contributed by atoms with Gasteiger partial charge in [0.2, 0.25) is 0 Å². The highest BCUT2D eigenvalue weighted by Gasteiger charge is 1.91. The molecule has 0 nitrogen and oxygen atoms in total. The molecule has 0 atom stereocenters. The van der Waals surface area contributed by atoms with Crippen LogP contribution in [-0.2, 0) is 5.75 Å². The van der Waals surface area contributed by atoms with E-state index < -0.39 is 0 Å². The van der Waals surface area contributed by atoms with E-state index in [0.29, 0.717) is 0 Å². The lowest BCUT2D eigenvalue weighted by Gasteiger charge is -1.97. The van der Waals surface area contributed by atoms with Gasteiger partial charge in [-0.3, -0.25) is 0 Å². The van der Waals surface area contributed by atoms with Crippen molar-refractivity contribution in [1.82, 2.24) is 0 Å². The smallest absolute Gasteiger partial charge is 0.0160 e. The fourth-order valence-corrected chi connectivity index (χ4v) is 1.62. The summed E-state index contributed by atoms with van der Waals surface area (Å²) in [4.78, 5) is 0. The molecule has 13 heavy (non-hydrogen) atoms. The zero-order valence-electron chi connectivity index (χ0n) is 7.83. The van der Waals surface area contributed by atoms with E-state index >= 15 is 0 Å². The van der Waals surface area contributed by atoms with Crippen LogP contribution in [0.2, 0.25) is 0 Å². The summed E-state index contributed by atoms with van der Waals surface area (Å²) in [6.07, 6.45) is 5.94. The predicted molar refractivity (Wildman–Crippen MR) is 63.2 cm³/mol. The molecule has 0 fully saturated rings. The average Bonchev–Trinajstić information content (AvgIpc) is 2.18. The first-order valence-electron chi connectivity index (χ1n) is 4.31. The first-order valence-corrected chi connectivity index (χ1v) is 4.94. The van der Waals surface area contributed by atoms with Gasteiger partial charge in [-0.2, -0.15) is 12.6 Å². The van der Waals surface area contributed by atoms with Crippen molar-refractivity contribution in [2.75, 3.05) is 0 Å². The van der Waals surface area contributed by atoms with Gasteiger partial charge < -0.3 is 0 Å². The lowest BCUT2D eigenvalue weighted by atomic mass is 10.1. The van der Waals surface area contributed by atoms with Crippen molar-refractivity contribution in [3.05, 3.63) is 46.9 Å². The van der Waals surface area contributed by atoms with Gasteiger partial charge in [-0.25, -0.2) is 0 Å². The third-order valence-corrected chi connectivity index (χ3v) is 2.34. The highest BCUT2D eigenvalue weighted by atomic mass is 32.1. The summed E-state index contributed by atoms with van der Waals surface area (Å²) in [6.45, 7) is 5.75. The Morgan fingerprint density at radius 2 is 2.23 bits per heavy atom. The maximum atomic E-state index is 4.29. The predicted octanol–water partition coefficient (Wildman–Crippen LogP) is 1.88. The van der Waals surface area contributed by atoms with Gasteiger partial charge in [0, 0.05) is 5.75 Å². The molecule has 0 heterocycles. The van der Waals surface area contributed by atoms with Gasteiger partial charge in [0.25, 0.3) is 0 Å². The van der Waals surface area contributed by atoms with E-state index in [1.54, 1.807) is 0 Å². The van der Waals surface area contributed by atoms with Crippen molar-refractivity contribution in [3.8, 4) is 0 Å². The minimum absolute atomic E-state index is 0.765. The van der Waals surface area contributed by atoms with Gasteiger partial charge in [-0.15, -0.1) is 0 Å². The maximum absolute atomic E-state index is 4.29. The van der Waals surface area contributed by atoms with Crippen molar-refractivity contribution in [2.24, 2.45) is 0 Å². The highest BCUT2D eigenvalue weighted by molar-refractivity contribution is 7.79. The Morgan fingerprint density at radius 1 is 1.46 bits per heavy atom. The Kier molecular flexibility index (Phi) is 3.84. The van der Waals surface area contributed by atoms with Crippen LogP contribution in [0, 0.1) is 0 Å². The first-order chi connectivity index (χ1) is 6.33. The van der Waals surface area contributed by atoms with Crippen molar-refractivity contribution < 1.29 is 0 Å². The molecule has 0 saturated heterocycles. The standard InChI is InChI=1S/C12H14S/c1-3-6-12-10(4-2)7-5-8-11(12)9-13/h3-8,13H,1,9H2,2H3/b10-4-,12-6+. The molecule has 1 heteroatoms. The molecule has 0 aromatic heterocycles. The zero-order chi connectivity index (χ0) is 9.68. The zero-order valence-corrected chi connectivity index (χ0v) is 8.72. The lowest BCUT2D eigenvalue weighted by Crippen LogP contribution is -2.27. The molecule has 1 rings (SSSR count). The molecule has 0 aliphatic rings. The highest BCUT2D eigenvalue weighted by Crippen LogP contribution is 1.93. The van der Waals surface area contributed by atoms with E-state index in [4.69, 9.17) is 0 Å². The van der Waals surface area contributed by atoms with Gasteiger partial charge in [0.1, 0.15) is 0 Å². The minimum Gasteiger partial charge on any atom is -0.175 e. The van der Waals surface area contributed by atoms with Crippen LogP contribution in [0.4, 0.5) is 0 Å². The number of hydrogen-bond acceptors (Lipinski definition) is 1. The average molecular weight is 190 g/mol. The molecule has 0 amide bonds. The molecule has 0 spiro atoms. The Bertz CT molecular complexity index is 402. The monoisotopic (exact) mass is 190 g/mol. The summed E-state index contributed by atoms with van der Waals surface area (Å²) in [5.41, 5.74) is 1.25. The van der Waals surface area contributed by atoms with Crippen molar-refractivity contribution >= 4 is 24.8 Å². The molecule has 0 aliphatic heterocycles. The summed E-state index contributed by atoms with van der Waals surface area (Å²) in [7, 11) is 0. The van der Waals surface area contributed by atoms with Gasteiger partial charge in [0.05, 0.1) is 0 Å². The lowest BCUT2D eigenvalue weighted by molar-refractivity contribution is 1.34. The summed E-state index contributed by atoms with van der Waals surface area (Å²) >= 11 is 4.29. The third kappa shape index (κ3) is 2.25. The molecule has 68 valence electrons. The van der Waals surface area contributed by atoms with Crippen LogP contribution in [0.3, 0.4) is 0 Å². The first kappa shape index (κ1) is 10.1. The Morgan fingerprint density at radius 3 is 2.77 bits per heavy atom. The van der Waals surface area contributed by atoms with Crippen molar-refractivity contribution in [3.63, 3.8) is 0 Å². The van der Waals surface area contributed by atoms with E-state index in [2.05, 4.69) is 43.5 Å². The van der Waals surface area contributed by atoms with E-state index in [-0.39, 0.29) is 0 Å². The molecule has 0 aliphatic carbocycles. The fraction of sp³-hybridized carbons (Fsp3) is 0.167. The molecule has 1 aromatic rings. The number of thiol groups is 1. The van der Waals surface area contributed by atoms with Crippen LogP contribution in [0.15, 0.2) is 30.9 Å². The molecular weight excluding hydrogens is 176 g/mol. The normalized spacial score (nSPS) is 13.4. The number of benzene rings is 1. The van der Waals surface area contributed by atoms with E-state index in [9.17, 15) is 0 Å². The van der Waals surface area contributed by atoms with Crippen LogP contribution < -0.4 is 10.4 Å². The van der Waals surface area contributed by atoms with Crippen LogP contribution in [0.25, 0.3) is 12.2 Å². The second-order valence-electron chi connectivity index (χ2n) is 2.77. The number of allylic oxidation sites excluding steroid dienone is 1. The van der Waals surface area contributed by atoms with Crippen LogP contribution in [0.1, 0.15) is 12.5 Å². The van der Waals surface area contributed by atoms with Gasteiger partial charge >= 0.3 is 0 Å². The molecule has 0 bridgehead atoms. The van der Waals surface area contributed by atoms with E-state index in [1.165, 1.54) is 16.0 Å². The number of hydrogen-bond donors (Lipinski definition) is 1. The minimum atomic E-state index is 0.765.